The summed E-state index contributed by atoms with van der Waals surface area (Å²) in [6, 6.07) is 12.5. The van der Waals surface area contributed by atoms with Crippen molar-refractivity contribution < 1.29 is 4.79 Å². The van der Waals surface area contributed by atoms with Crippen LogP contribution in [0.15, 0.2) is 42.5 Å². The Bertz CT molecular complexity index is 822. The second-order valence-corrected chi connectivity index (χ2v) is 8.69. The van der Waals surface area contributed by atoms with Crippen LogP contribution in [0.5, 0.6) is 0 Å². The van der Waals surface area contributed by atoms with Crippen LogP contribution in [-0.4, -0.2) is 12.6 Å². The summed E-state index contributed by atoms with van der Waals surface area (Å²) in [5.41, 5.74) is 2.45. The lowest BCUT2D eigenvalue weighted by Gasteiger charge is -2.28. The van der Waals surface area contributed by atoms with E-state index in [-0.39, 0.29) is 6.03 Å². The fraction of sp³-hybridized carbons (Fsp3) is 0.435. The van der Waals surface area contributed by atoms with Gasteiger partial charge in [-0.3, -0.25) is 0 Å². The van der Waals surface area contributed by atoms with E-state index < -0.39 is 0 Å². The fourth-order valence-corrected chi connectivity index (χ4v) is 4.26. The monoisotopic (exact) mass is 433 g/mol. The van der Waals surface area contributed by atoms with E-state index >= 15 is 0 Å². The topological polar surface area (TPSA) is 53.2 Å². The molecule has 0 spiro atoms. The van der Waals surface area contributed by atoms with Crippen LogP contribution in [0.25, 0.3) is 0 Å². The van der Waals surface area contributed by atoms with Gasteiger partial charge in [-0.1, -0.05) is 80.4 Å². The molecule has 6 heteroatoms. The maximum Gasteiger partial charge on any atom is 0.323 e. The van der Waals surface area contributed by atoms with Crippen LogP contribution in [0.2, 0.25) is 10.0 Å². The number of carbonyl (C=O) groups excluding carboxylic acids is 1. The molecule has 1 aliphatic rings. The quantitative estimate of drug-likeness (QED) is 0.442. The van der Waals surface area contributed by atoms with Crippen molar-refractivity contribution in [2.75, 3.05) is 17.2 Å². The Morgan fingerprint density at radius 3 is 2.55 bits per heavy atom. The summed E-state index contributed by atoms with van der Waals surface area (Å²) in [4.78, 5) is 12.4. The average Bonchev–Trinajstić information content (AvgIpc) is 2.72. The zero-order chi connectivity index (χ0) is 20.6. The molecule has 0 radical (unpaired) electrons. The van der Waals surface area contributed by atoms with Crippen LogP contribution in [-0.2, 0) is 6.54 Å². The number of carbonyl (C=O) groups is 1. The third-order valence-corrected chi connectivity index (χ3v) is 6.42. The number of hydrogen-bond donors (Lipinski definition) is 3. The molecular weight excluding hydrogens is 405 g/mol. The molecule has 0 aromatic heterocycles. The SMILES string of the molecule is CC(CNCc1ccccc1NC(=O)Nc1ccc(Cl)c(Cl)c1)C1CCCCC1. The zero-order valence-electron chi connectivity index (χ0n) is 16.8. The summed E-state index contributed by atoms with van der Waals surface area (Å²) in [5.74, 6) is 1.51. The maximum atomic E-state index is 12.4. The Labute approximate surface area is 183 Å². The molecule has 29 heavy (non-hydrogen) atoms. The predicted octanol–water partition coefficient (Wildman–Crippen LogP) is 6.94. The van der Waals surface area contributed by atoms with Crippen LogP contribution in [0.4, 0.5) is 16.2 Å². The van der Waals surface area contributed by atoms with Gasteiger partial charge in [-0.15, -0.1) is 0 Å². The number of para-hydroxylation sites is 1. The minimum atomic E-state index is -0.314. The molecule has 2 amide bonds. The van der Waals surface area contributed by atoms with Gasteiger partial charge in [0.2, 0.25) is 0 Å². The van der Waals surface area contributed by atoms with Crippen molar-refractivity contribution >= 4 is 40.6 Å². The summed E-state index contributed by atoms with van der Waals surface area (Å²) >= 11 is 11.9. The van der Waals surface area contributed by atoms with Crippen LogP contribution in [0.1, 0.15) is 44.6 Å². The van der Waals surface area contributed by atoms with Crippen molar-refractivity contribution in [3.05, 3.63) is 58.1 Å². The van der Waals surface area contributed by atoms with Gasteiger partial charge >= 0.3 is 6.03 Å². The normalized spacial score (nSPS) is 15.7. The van der Waals surface area contributed by atoms with Gasteiger partial charge < -0.3 is 16.0 Å². The molecule has 3 N–H and O–H groups in total. The highest BCUT2D eigenvalue weighted by molar-refractivity contribution is 6.42. The van der Waals surface area contributed by atoms with Gasteiger partial charge in [-0.25, -0.2) is 4.79 Å². The minimum Gasteiger partial charge on any atom is -0.312 e. The number of rotatable bonds is 7. The highest BCUT2D eigenvalue weighted by atomic mass is 35.5. The number of amides is 2. The molecule has 156 valence electrons. The second-order valence-electron chi connectivity index (χ2n) is 7.87. The van der Waals surface area contributed by atoms with E-state index in [2.05, 4.69) is 22.9 Å². The molecule has 0 bridgehead atoms. The first-order valence-electron chi connectivity index (χ1n) is 10.3. The minimum absolute atomic E-state index is 0.314. The van der Waals surface area contributed by atoms with Gasteiger partial charge in [-0.2, -0.15) is 0 Å². The fourth-order valence-electron chi connectivity index (χ4n) is 3.96. The lowest BCUT2D eigenvalue weighted by atomic mass is 9.81. The van der Waals surface area contributed by atoms with E-state index in [1.54, 1.807) is 18.2 Å². The molecule has 1 unspecified atom stereocenters. The molecule has 1 fully saturated rings. The lowest BCUT2D eigenvalue weighted by Crippen LogP contribution is -2.28. The molecule has 0 heterocycles. The first kappa shape index (κ1) is 21.9. The van der Waals surface area contributed by atoms with E-state index in [0.29, 0.717) is 21.7 Å². The molecule has 1 atom stereocenters. The summed E-state index contributed by atoms with van der Waals surface area (Å²) < 4.78 is 0. The molecule has 0 aliphatic heterocycles. The van der Waals surface area contributed by atoms with Gasteiger partial charge in [0.15, 0.2) is 0 Å². The number of benzene rings is 2. The van der Waals surface area contributed by atoms with Crippen molar-refractivity contribution in [2.45, 2.75) is 45.6 Å². The molecule has 2 aromatic rings. The smallest absolute Gasteiger partial charge is 0.312 e. The highest BCUT2D eigenvalue weighted by Gasteiger charge is 2.19. The number of nitrogens with one attached hydrogen (secondary N) is 3. The van der Waals surface area contributed by atoms with Crippen molar-refractivity contribution in [3.63, 3.8) is 0 Å². The lowest BCUT2D eigenvalue weighted by molar-refractivity contribution is 0.256. The predicted molar refractivity (Wildman–Crippen MR) is 123 cm³/mol. The molecular formula is C23H29Cl2N3O. The van der Waals surface area contributed by atoms with Gasteiger partial charge in [0.1, 0.15) is 0 Å². The molecule has 1 aliphatic carbocycles. The van der Waals surface area contributed by atoms with Crippen LogP contribution >= 0.6 is 23.2 Å². The van der Waals surface area contributed by atoms with Gasteiger partial charge in [0, 0.05) is 17.9 Å². The third kappa shape index (κ3) is 6.63. The van der Waals surface area contributed by atoms with E-state index in [9.17, 15) is 4.79 Å². The van der Waals surface area contributed by atoms with E-state index in [1.165, 1.54) is 32.1 Å². The Morgan fingerprint density at radius 2 is 1.79 bits per heavy atom. The van der Waals surface area contributed by atoms with E-state index in [4.69, 9.17) is 23.2 Å². The second kappa shape index (κ2) is 10.9. The standard InChI is InChI=1S/C23H29Cl2N3O/c1-16(17-7-3-2-4-8-17)14-26-15-18-9-5-6-10-22(18)28-23(29)27-19-11-12-20(24)21(25)13-19/h5-6,9-13,16-17,26H,2-4,7-8,14-15H2,1H3,(H2,27,28,29). The van der Waals surface area contributed by atoms with Crippen LogP contribution in [0, 0.1) is 11.8 Å². The van der Waals surface area contributed by atoms with Crippen molar-refractivity contribution in [3.8, 4) is 0 Å². The van der Waals surface area contributed by atoms with Gasteiger partial charge in [0.05, 0.1) is 10.0 Å². The molecule has 4 nitrogen and oxygen atoms in total. The number of urea groups is 1. The first-order valence-corrected chi connectivity index (χ1v) is 11.1. The first-order chi connectivity index (χ1) is 14.0. The Balaban J connectivity index is 1.52. The van der Waals surface area contributed by atoms with Crippen molar-refractivity contribution in [2.24, 2.45) is 11.8 Å². The number of halogens is 2. The third-order valence-electron chi connectivity index (χ3n) is 5.68. The van der Waals surface area contributed by atoms with Gasteiger partial charge in [-0.05, 0) is 48.2 Å². The molecule has 2 aromatic carbocycles. The summed E-state index contributed by atoms with van der Waals surface area (Å²) in [6.45, 7) is 4.06. The van der Waals surface area contributed by atoms with Crippen LogP contribution in [0.3, 0.4) is 0 Å². The van der Waals surface area contributed by atoms with Crippen molar-refractivity contribution in [1.29, 1.82) is 0 Å². The number of hydrogen-bond acceptors (Lipinski definition) is 2. The van der Waals surface area contributed by atoms with Crippen molar-refractivity contribution in [1.82, 2.24) is 5.32 Å². The Kier molecular flexibility index (Phi) is 8.22. The maximum absolute atomic E-state index is 12.4. The summed E-state index contributed by atoms with van der Waals surface area (Å²) in [5, 5.41) is 10.1. The van der Waals surface area contributed by atoms with E-state index in [0.717, 1.165) is 30.3 Å². The number of anilines is 2. The van der Waals surface area contributed by atoms with Crippen LogP contribution < -0.4 is 16.0 Å². The van der Waals surface area contributed by atoms with E-state index in [1.807, 2.05) is 24.3 Å². The molecule has 3 rings (SSSR count). The average molecular weight is 434 g/mol. The zero-order valence-corrected chi connectivity index (χ0v) is 18.3. The largest absolute Gasteiger partial charge is 0.323 e. The Morgan fingerprint density at radius 1 is 1.03 bits per heavy atom. The summed E-state index contributed by atoms with van der Waals surface area (Å²) in [7, 11) is 0. The highest BCUT2D eigenvalue weighted by Crippen LogP contribution is 2.29. The molecule has 0 saturated heterocycles. The molecule has 1 saturated carbocycles. The summed E-state index contributed by atoms with van der Waals surface area (Å²) in [6.07, 6.45) is 6.84. The van der Waals surface area contributed by atoms with Gasteiger partial charge in [0.25, 0.3) is 0 Å². The Hall–Kier alpha value is -1.75.